The van der Waals surface area contributed by atoms with Crippen LogP contribution >= 0.6 is 0 Å². The smallest absolute Gasteiger partial charge is 0.231 e. The third-order valence-electron chi connectivity index (χ3n) is 3.50. The number of piperidine rings is 1. The van der Waals surface area contributed by atoms with Gasteiger partial charge in [0, 0.05) is 25.2 Å². The first-order valence-corrected chi connectivity index (χ1v) is 6.87. The van der Waals surface area contributed by atoms with Crippen LogP contribution in [0.2, 0.25) is 0 Å². The van der Waals surface area contributed by atoms with Gasteiger partial charge in [-0.3, -0.25) is 0 Å². The molecule has 1 N–H and O–H groups in total. The van der Waals surface area contributed by atoms with Crippen LogP contribution in [0.5, 0.6) is 5.88 Å². The molecule has 20 heavy (non-hydrogen) atoms. The molecule has 0 spiro atoms. The fourth-order valence-corrected chi connectivity index (χ4v) is 2.39. The van der Waals surface area contributed by atoms with Gasteiger partial charge in [0.15, 0.2) is 5.82 Å². The van der Waals surface area contributed by atoms with E-state index < -0.39 is 0 Å². The van der Waals surface area contributed by atoms with E-state index in [0.29, 0.717) is 24.0 Å². The Morgan fingerprint density at radius 1 is 1.45 bits per heavy atom. The molecule has 0 saturated carbocycles. The summed E-state index contributed by atoms with van der Waals surface area (Å²) < 4.78 is 10.4. The van der Waals surface area contributed by atoms with Crippen molar-refractivity contribution in [3.05, 3.63) is 35.6 Å². The first-order chi connectivity index (χ1) is 9.85. The molecule has 2 aromatic rings. The molecule has 1 saturated heterocycles. The fraction of sp³-hybridized carbons (Fsp3) is 0.500. The number of nitrogens with zero attached hydrogens (tertiary/aromatic N) is 3. The second kappa shape index (κ2) is 6.00. The van der Waals surface area contributed by atoms with Crippen molar-refractivity contribution in [2.45, 2.75) is 25.2 Å². The molecule has 0 aromatic carbocycles. The van der Waals surface area contributed by atoms with Gasteiger partial charge in [0.25, 0.3) is 0 Å². The van der Waals surface area contributed by atoms with Crippen molar-refractivity contribution in [1.82, 2.24) is 20.4 Å². The Hall–Kier alpha value is -1.95. The molecule has 3 rings (SSSR count). The zero-order valence-corrected chi connectivity index (χ0v) is 11.5. The molecule has 1 aliphatic heterocycles. The summed E-state index contributed by atoms with van der Waals surface area (Å²) in [5.41, 5.74) is 1.04. The van der Waals surface area contributed by atoms with E-state index >= 15 is 0 Å². The number of pyridine rings is 1. The van der Waals surface area contributed by atoms with Crippen LogP contribution in [0.15, 0.2) is 22.9 Å². The highest BCUT2D eigenvalue weighted by Crippen LogP contribution is 2.22. The SMILES string of the molecule is COc1ccc(Cc2noc([C@H]3CCCNC3)n2)cn1. The molecular formula is C14H18N4O2. The maximum absolute atomic E-state index is 5.38. The van der Waals surface area contributed by atoms with Gasteiger partial charge in [-0.05, 0) is 24.9 Å². The summed E-state index contributed by atoms with van der Waals surface area (Å²) in [5, 5.41) is 7.41. The third kappa shape index (κ3) is 2.96. The molecule has 1 fully saturated rings. The minimum atomic E-state index is 0.346. The van der Waals surface area contributed by atoms with Crippen LogP contribution < -0.4 is 10.1 Å². The maximum Gasteiger partial charge on any atom is 0.231 e. The minimum Gasteiger partial charge on any atom is -0.481 e. The topological polar surface area (TPSA) is 73.1 Å². The maximum atomic E-state index is 5.38. The summed E-state index contributed by atoms with van der Waals surface area (Å²) >= 11 is 0. The second-order valence-electron chi connectivity index (χ2n) is 4.98. The average molecular weight is 274 g/mol. The lowest BCUT2D eigenvalue weighted by Crippen LogP contribution is -2.28. The van der Waals surface area contributed by atoms with E-state index in [4.69, 9.17) is 9.26 Å². The quantitative estimate of drug-likeness (QED) is 0.911. The number of hydrogen-bond acceptors (Lipinski definition) is 6. The van der Waals surface area contributed by atoms with Crippen molar-refractivity contribution < 1.29 is 9.26 Å². The minimum absolute atomic E-state index is 0.346. The van der Waals surface area contributed by atoms with Gasteiger partial charge in [-0.25, -0.2) is 4.98 Å². The van der Waals surface area contributed by atoms with Crippen LogP contribution in [-0.2, 0) is 6.42 Å². The van der Waals surface area contributed by atoms with Crippen molar-refractivity contribution in [1.29, 1.82) is 0 Å². The molecule has 6 nitrogen and oxygen atoms in total. The summed E-state index contributed by atoms with van der Waals surface area (Å²) in [6.07, 6.45) is 4.67. The van der Waals surface area contributed by atoms with Crippen LogP contribution in [0.4, 0.5) is 0 Å². The number of ether oxygens (including phenoxy) is 1. The van der Waals surface area contributed by atoms with Gasteiger partial charge >= 0.3 is 0 Å². The number of aromatic nitrogens is 3. The van der Waals surface area contributed by atoms with E-state index in [1.807, 2.05) is 12.1 Å². The Morgan fingerprint density at radius 2 is 2.40 bits per heavy atom. The van der Waals surface area contributed by atoms with E-state index in [0.717, 1.165) is 37.4 Å². The van der Waals surface area contributed by atoms with Gasteiger partial charge in [0.1, 0.15) is 0 Å². The summed E-state index contributed by atoms with van der Waals surface area (Å²) in [5.74, 6) is 2.40. The molecule has 2 aromatic heterocycles. The van der Waals surface area contributed by atoms with Gasteiger partial charge in [-0.1, -0.05) is 11.2 Å². The zero-order valence-electron chi connectivity index (χ0n) is 11.5. The summed E-state index contributed by atoms with van der Waals surface area (Å²) in [6.45, 7) is 2.00. The highest BCUT2D eigenvalue weighted by Gasteiger charge is 2.21. The first-order valence-electron chi connectivity index (χ1n) is 6.87. The Labute approximate surface area is 117 Å². The van der Waals surface area contributed by atoms with Crippen molar-refractivity contribution in [2.75, 3.05) is 20.2 Å². The zero-order chi connectivity index (χ0) is 13.8. The fourth-order valence-electron chi connectivity index (χ4n) is 2.39. The molecule has 3 heterocycles. The van der Waals surface area contributed by atoms with Gasteiger partial charge in [0.05, 0.1) is 13.0 Å². The van der Waals surface area contributed by atoms with Gasteiger partial charge in [-0.15, -0.1) is 0 Å². The van der Waals surface area contributed by atoms with Crippen LogP contribution in [0.25, 0.3) is 0 Å². The van der Waals surface area contributed by atoms with Crippen LogP contribution in [0, 0.1) is 0 Å². The number of rotatable bonds is 4. The Balaban J connectivity index is 1.66. The number of methoxy groups -OCH3 is 1. The Morgan fingerprint density at radius 3 is 3.10 bits per heavy atom. The van der Waals surface area contributed by atoms with Crippen molar-refractivity contribution in [3.8, 4) is 5.88 Å². The molecule has 0 unspecified atom stereocenters. The molecule has 106 valence electrons. The van der Waals surface area contributed by atoms with Crippen molar-refractivity contribution in [3.63, 3.8) is 0 Å². The average Bonchev–Trinajstić information content (AvgIpc) is 2.97. The Kier molecular flexibility index (Phi) is 3.92. The van der Waals surface area contributed by atoms with Crippen molar-refractivity contribution >= 4 is 0 Å². The molecule has 0 amide bonds. The third-order valence-corrected chi connectivity index (χ3v) is 3.50. The van der Waals surface area contributed by atoms with Gasteiger partial charge < -0.3 is 14.6 Å². The summed E-state index contributed by atoms with van der Waals surface area (Å²) in [7, 11) is 1.60. The second-order valence-corrected chi connectivity index (χ2v) is 4.98. The number of nitrogens with one attached hydrogen (secondary N) is 1. The van der Waals surface area contributed by atoms with Gasteiger partial charge in [0.2, 0.25) is 11.8 Å². The van der Waals surface area contributed by atoms with E-state index in [9.17, 15) is 0 Å². The molecule has 1 atom stereocenters. The number of hydrogen-bond donors (Lipinski definition) is 1. The van der Waals surface area contributed by atoms with Gasteiger partial charge in [-0.2, -0.15) is 4.98 Å². The van der Waals surface area contributed by atoms with E-state index in [-0.39, 0.29) is 0 Å². The lowest BCUT2D eigenvalue weighted by molar-refractivity contribution is 0.320. The lowest BCUT2D eigenvalue weighted by atomic mass is 10.00. The monoisotopic (exact) mass is 274 g/mol. The lowest BCUT2D eigenvalue weighted by Gasteiger charge is -2.18. The van der Waals surface area contributed by atoms with Crippen LogP contribution in [-0.4, -0.2) is 35.3 Å². The molecule has 6 heteroatoms. The normalized spacial score (nSPS) is 18.9. The van der Waals surface area contributed by atoms with E-state index in [2.05, 4.69) is 20.4 Å². The molecule has 0 aliphatic carbocycles. The van der Waals surface area contributed by atoms with Crippen molar-refractivity contribution in [2.24, 2.45) is 0 Å². The van der Waals surface area contributed by atoms with E-state index in [1.54, 1.807) is 13.3 Å². The molecule has 1 aliphatic rings. The summed E-state index contributed by atoms with van der Waals surface area (Å²) in [6, 6.07) is 3.80. The largest absolute Gasteiger partial charge is 0.481 e. The first kappa shape index (κ1) is 13.1. The summed E-state index contributed by atoms with van der Waals surface area (Å²) in [4.78, 5) is 8.67. The molecule has 0 radical (unpaired) electrons. The standard InChI is InChI=1S/C14H18N4O2/c1-19-13-5-4-10(8-16-13)7-12-17-14(20-18-12)11-3-2-6-15-9-11/h4-5,8,11,15H,2-3,6-7,9H2,1H3/t11-/m0/s1. The van der Waals surface area contributed by atoms with E-state index in [1.165, 1.54) is 0 Å². The predicted molar refractivity (Wildman–Crippen MR) is 72.7 cm³/mol. The predicted octanol–water partition coefficient (Wildman–Crippen LogP) is 1.53. The highest BCUT2D eigenvalue weighted by molar-refractivity contribution is 5.20. The molecule has 0 bridgehead atoms. The Bertz CT molecular complexity index is 547. The van der Waals surface area contributed by atoms with Crippen LogP contribution in [0.1, 0.15) is 36.0 Å². The molecular weight excluding hydrogens is 256 g/mol. The highest BCUT2D eigenvalue weighted by atomic mass is 16.5. The van der Waals surface area contributed by atoms with Crippen LogP contribution in [0.3, 0.4) is 0 Å².